The van der Waals surface area contributed by atoms with Crippen LogP contribution >= 0.6 is 15.9 Å². The fraction of sp³-hybridized carbons (Fsp3) is 0.222. The molecule has 1 amide bonds. The number of para-hydroxylation sites is 1. The highest BCUT2D eigenvalue weighted by molar-refractivity contribution is 9.10. The molecule has 0 aromatic heterocycles. The second-order valence-corrected chi connectivity index (χ2v) is 5.91. The first-order chi connectivity index (χ1) is 12.1. The molecule has 6 nitrogen and oxygen atoms in total. The van der Waals surface area contributed by atoms with Crippen molar-refractivity contribution in [2.45, 2.75) is 6.54 Å². The van der Waals surface area contributed by atoms with Gasteiger partial charge >= 0.3 is 5.97 Å². The summed E-state index contributed by atoms with van der Waals surface area (Å²) in [6, 6.07) is 14.4. The summed E-state index contributed by atoms with van der Waals surface area (Å²) in [5.74, 6) is 0.197. The Hall–Kier alpha value is -2.54. The highest BCUT2D eigenvalue weighted by Crippen LogP contribution is 2.18. The number of hydrogen-bond acceptors (Lipinski definition) is 5. The third-order valence-electron chi connectivity index (χ3n) is 3.19. The van der Waals surface area contributed by atoms with E-state index in [0.717, 1.165) is 10.0 Å². The quantitative estimate of drug-likeness (QED) is 0.680. The maximum absolute atomic E-state index is 11.8. The van der Waals surface area contributed by atoms with Gasteiger partial charge in [0.05, 0.1) is 7.11 Å². The molecule has 0 fully saturated rings. The monoisotopic (exact) mass is 407 g/mol. The van der Waals surface area contributed by atoms with Crippen LogP contribution in [-0.4, -0.2) is 32.2 Å². The third-order valence-corrected chi connectivity index (χ3v) is 3.68. The van der Waals surface area contributed by atoms with Crippen molar-refractivity contribution in [1.29, 1.82) is 0 Å². The molecule has 0 aliphatic carbocycles. The summed E-state index contributed by atoms with van der Waals surface area (Å²) >= 11 is 3.31. The lowest BCUT2D eigenvalue weighted by Gasteiger charge is -2.10. The maximum atomic E-state index is 11.8. The molecule has 0 atom stereocenters. The Kier molecular flexibility index (Phi) is 7.28. The van der Waals surface area contributed by atoms with E-state index in [1.165, 1.54) is 0 Å². The van der Waals surface area contributed by atoms with Crippen molar-refractivity contribution in [3.05, 3.63) is 58.6 Å². The first-order valence-electron chi connectivity index (χ1n) is 7.51. The number of carbonyl (C=O) groups excluding carboxylic acids is 2. The van der Waals surface area contributed by atoms with Crippen LogP contribution in [0.5, 0.6) is 11.5 Å². The maximum Gasteiger partial charge on any atom is 0.344 e. The standard InChI is InChI=1S/C18H18BrNO5/c1-23-16-8-3-2-5-13(16)10-20-17(21)11-25-18(22)12-24-15-7-4-6-14(19)9-15/h2-9H,10-12H2,1H3,(H,20,21). The largest absolute Gasteiger partial charge is 0.496 e. The van der Waals surface area contributed by atoms with Crippen molar-refractivity contribution >= 4 is 27.8 Å². The third kappa shape index (κ3) is 6.46. The van der Waals surface area contributed by atoms with Gasteiger partial charge in [0.15, 0.2) is 13.2 Å². The smallest absolute Gasteiger partial charge is 0.344 e. The molecule has 25 heavy (non-hydrogen) atoms. The number of halogens is 1. The summed E-state index contributed by atoms with van der Waals surface area (Å²) in [7, 11) is 1.56. The molecule has 0 radical (unpaired) electrons. The molecule has 0 aliphatic rings. The normalized spacial score (nSPS) is 10.0. The molecule has 2 aromatic rings. The van der Waals surface area contributed by atoms with E-state index >= 15 is 0 Å². The van der Waals surface area contributed by atoms with Crippen LogP contribution in [0, 0.1) is 0 Å². The van der Waals surface area contributed by atoms with Gasteiger partial charge in [-0.1, -0.05) is 40.2 Å². The summed E-state index contributed by atoms with van der Waals surface area (Å²) in [5.41, 5.74) is 0.836. The lowest BCUT2D eigenvalue weighted by Crippen LogP contribution is -2.29. The van der Waals surface area contributed by atoms with E-state index in [1.807, 2.05) is 24.3 Å². The van der Waals surface area contributed by atoms with E-state index in [9.17, 15) is 9.59 Å². The van der Waals surface area contributed by atoms with Crippen LogP contribution in [0.2, 0.25) is 0 Å². The van der Waals surface area contributed by atoms with Crippen molar-refractivity contribution in [1.82, 2.24) is 5.32 Å². The van der Waals surface area contributed by atoms with Crippen LogP contribution in [0.1, 0.15) is 5.56 Å². The number of benzene rings is 2. The molecule has 0 unspecified atom stereocenters. The van der Waals surface area contributed by atoms with E-state index in [-0.39, 0.29) is 19.8 Å². The fourth-order valence-electron chi connectivity index (χ4n) is 1.98. The highest BCUT2D eigenvalue weighted by atomic mass is 79.9. The van der Waals surface area contributed by atoms with E-state index in [4.69, 9.17) is 14.2 Å². The minimum absolute atomic E-state index is 0.268. The van der Waals surface area contributed by atoms with Gasteiger partial charge in [0.1, 0.15) is 11.5 Å². The molecule has 2 aromatic carbocycles. The van der Waals surface area contributed by atoms with Gasteiger partial charge in [0.25, 0.3) is 5.91 Å². The lowest BCUT2D eigenvalue weighted by molar-refractivity contribution is -0.150. The molecule has 2 rings (SSSR count). The van der Waals surface area contributed by atoms with Crippen LogP contribution in [0.3, 0.4) is 0 Å². The Morgan fingerprint density at radius 1 is 1.08 bits per heavy atom. The zero-order valence-electron chi connectivity index (χ0n) is 13.7. The Morgan fingerprint density at radius 2 is 1.88 bits per heavy atom. The Labute approximate surface area is 154 Å². The lowest BCUT2D eigenvalue weighted by atomic mass is 10.2. The van der Waals surface area contributed by atoms with Crippen molar-refractivity contribution in [3.8, 4) is 11.5 Å². The number of carbonyl (C=O) groups is 2. The van der Waals surface area contributed by atoms with Crippen LogP contribution in [0.15, 0.2) is 53.0 Å². The highest BCUT2D eigenvalue weighted by Gasteiger charge is 2.09. The summed E-state index contributed by atoms with van der Waals surface area (Å²) in [6.07, 6.45) is 0. The number of nitrogens with one attached hydrogen (secondary N) is 1. The minimum atomic E-state index is -0.618. The first-order valence-corrected chi connectivity index (χ1v) is 8.30. The second kappa shape index (κ2) is 9.68. The Bertz CT molecular complexity index is 735. The predicted molar refractivity (Wildman–Crippen MR) is 95.4 cm³/mol. The molecule has 7 heteroatoms. The topological polar surface area (TPSA) is 73.9 Å². The van der Waals surface area contributed by atoms with E-state index in [1.54, 1.807) is 31.4 Å². The van der Waals surface area contributed by atoms with E-state index in [0.29, 0.717) is 11.5 Å². The summed E-state index contributed by atoms with van der Waals surface area (Å²) in [4.78, 5) is 23.4. The van der Waals surface area contributed by atoms with Crippen molar-refractivity contribution in [3.63, 3.8) is 0 Å². The van der Waals surface area contributed by atoms with E-state index in [2.05, 4.69) is 21.2 Å². The van der Waals surface area contributed by atoms with Gasteiger partial charge in [-0.3, -0.25) is 4.79 Å². The van der Waals surface area contributed by atoms with Crippen molar-refractivity contribution < 1.29 is 23.8 Å². The molecular formula is C18H18BrNO5. The van der Waals surface area contributed by atoms with Gasteiger partial charge in [-0.2, -0.15) is 0 Å². The molecule has 0 saturated carbocycles. The number of amides is 1. The molecule has 1 N–H and O–H groups in total. The second-order valence-electron chi connectivity index (χ2n) is 5.00. The van der Waals surface area contributed by atoms with Gasteiger partial charge < -0.3 is 19.5 Å². The zero-order valence-corrected chi connectivity index (χ0v) is 15.2. The number of rotatable bonds is 8. The summed E-state index contributed by atoms with van der Waals surface area (Å²) < 4.78 is 16.2. The van der Waals surface area contributed by atoms with Crippen LogP contribution in [-0.2, 0) is 20.9 Å². The van der Waals surface area contributed by atoms with Crippen LogP contribution < -0.4 is 14.8 Å². The molecule has 0 heterocycles. The molecule has 0 saturated heterocycles. The van der Waals surface area contributed by atoms with Gasteiger partial charge in [-0.15, -0.1) is 0 Å². The SMILES string of the molecule is COc1ccccc1CNC(=O)COC(=O)COc1cccc(Br)c1. The average molecular weight is 408 g/mol. The average Bonchev–Trinajstić information content (AvgIpc) is 2.63. The number of hydrogen-bond donors (Lipinski definition) is 1. The van der Waals surface area contributed by atoms with E-state index < -0.39 is 11.9 Å². The van der Waals surface area contributed by atoms with Crippen molar-refractivity contribution in [2.24, 2.45) is 0 Å². The Balaban J connectivity index is 1.69. The summed E-state index contributed by atoms with van der Waals surface area (Å²) in [6.45, 7) is -0.346. The fourth-order valence-corrected chi connectivity index (χ4v) is 2.36. The number of esters is 1. The number of ether oxygens (including phenoxy) is 3. The van der Waals surface area contributed by atoms with Gasteiger partial charge in [-0.05, 0) is 24.3 Å². The first kappa shape index (κ1) is 18.8. The Morgan fingerprint density at radius 3 is 2.64 bits per heavy atom. The molecule has 0 spiro atoms. The summed E-state index contributed by atoms with van der Waals surface area (Å²) in [5, 5.41) is 2.67. The predicted octanol–water partition coefficient (Wildman–Crippen LogP) is 2.70. The molecule has 0 aliphatic heterocycles. The van der Waals surface area contributed by atoms with Gasteiger partial charge in [-0.25, -0.2) is 4.79 Å². The minimum Gasteiger partial charge on any atom is -0.496 e. The molecule has 0 bridgehead atoms. The van der Waals surface area contributed by atoms with Crippen molar-refractivity contribution in [2.75, 3.05) is 20.3 Å². The molecular weight excluding hydrogens is 390 g/mol. The molecule has 132 valence electrons. The number of methoxy groups -OCH3 is 1. The van der Waals surface area contributed by atoms with Crippen LogP contribution in [0.4, 0.5) is 0 Å². The van der Waals surface area contributed by atoms with Crippen LogP contribution in [0.25, 0.3) is 0 Å². The van der Waals surface area contributed by atoms with Gasteiger partial charge in [0.2, 0.25) is 0 Å². The van der Waals surface area contributed by atoms with Gasteiger partial charge in [0, 0.05) is 16.6 Å². The zero-order chi connectivity index (χ0) is 18.1.